The van der Waals surface area contributed by atoms with Gasteiger partial charge in [0.05, 0.1) is 12.2 Å². The van der Waals surface area contributed by atoms with Crippen LogP contribution < -0.4 is 5.32 Å². The van der Waals surface area contributed by atoms with E-state index in [0.717, 1.165) is 17.1 Å². The van der Waals surface area contributed by atoms with E-state index in [9.17, 15) is 4.79 Å². The smallest absolute Gasteiger partial charge is 0.335 e. The van der Waals surface area contributed by atoms with Gasteiger partial charge in [-0.15, -0.1) is 0 Å². The summed E-state index contributed by atoms with van der Waals surface area (Å²) in [6.07, 6.45) is 0. The number of aromatic carboxylic acids is 1. The van der Waals surface area contributed by atoms with Crippen LogP contribution in [0.3, 0.4) is 0 Å². The minimum atomic E-state index is -0.910. The molecule has 1 unspecified atom stereocenters. The van der Waals surface area contributed by atoms with Crippen molar-refractivity contribution in [1.29, 1.82) is 0 Å². The molecule has 0 saturated carbocycles. The molecule has 0 bridgehead atoms. The molecule has 5 heteroatoms. The molecule has 122 valence electrons. The molecular formula is C18H20ClNO3. The van der Waals surface area contributed by atoms with Gasteiger partial charge < -0.3 is 15.2 Å². The number of hydrogen-bond acceptors (Lipinski definition) is 3. The van der Waals surface area contributed by atoms with Crippen LogP contribution in [0.1, 0.15) is 27.4 Å². The lowest BCUT2D eigenvalue weighted by Gasteiger charge is -2.17. The van der Waals surface area contributed by atoms with Crippen LogP contribution in [0.4, 0.5) is 0 Å². The number of hydrogen-bond donors (Lipinski definition) is 2. The zero-order valence-electron chi connectivity index (χ0n) is 13.0. The Morgan fingerprint density at radius 3 is 2.39 bits per heavy atom. The molecule has 0 heterocycles. The van der Waals surface area contributed by atoms with Crippen molar-refractivity contribution in [2.24, 2.45) is 0 Å². The summed E-state index contributed by atoms with van der Waals surface area (Å²) >= 11 is 5.92. The number of carboxylic acids is 1. The average Bonchev–Trinajstić information content (AvgIpc) is 2.55. The molecule has 2 aromatic rings. The number of carbonyl (C=O) groups is 1. The van der Waals surface area contributed by atoms with E-state index in [-0.39, 0.29) is 5.92 Å². The lowest BCUT2D eigenvalue weighted by molar-refractivity contribution is 0.0697. The maximum Gasteiger partial charge on any atom is 0.335 e. The second-order valence-corrected chi connectivity index (χ2v) is 5.77. The van der Waals surface area contributed by atoms with Gasteiger partial charge in [-0.3, -0.25) is 0 Å². The van der Waals surface area contributed by atoms with Crippen LogP contribution in [0.25, 0.3) is 0 Å². The van der Waals surface area contributed by atoms with E-state index < -0.39 is 5.97 Å². The molecule has 0 radical (unpaired) electrons. The first kappa shape index (κ1) is 17.5. The fourth-order valence-corrected chi connectivity index (χ4v) is 2.49. The Morgan fingerprint density at radius 1 is 1.17 bits per heavy atom. The van der Waals surface area contributed by atoms with E-state index in [4.69, 9.17) is 21.4 Å². The van der Waals surface area contributed by atoms with Crippen LogP contribution in [0, 0.1) is 0 Å². The van der Waals surface area contributed by atoms with E-state index in [1.165, 1.54) is 5.56 Å². The molecule has 2 rings (SSSR count). The molecule has 2 aromatic carbocycles. The highest BCUT2D eigenvalue weighted by Gasteiger charge is 2.11. The standard InChI is InChI=1S/C18H20ClNO3/c1-23-12-16(14-6-8-17(19)9-7-14)11-20-10-13-2-4-15(5-3-13)18(21)22/h2-9,16,20H,10-12H2,1H3,(H,21,22). The molecule has 0 spiro atoms. The van der Waals surface area contributed by atoms with Gasteiger partial charge in [0.1, 0.15) is 0 Å². The average molecular weight is 334 g/mol. The van der Waals surface area contributed by atoms with E-state index in [0.29, 0.717) is 18.7 Å². The van der Waals surface area contributed by atoms with Gasteiger partial charge in [0.2, 0.25) is 0 Å². The molecule has 23 heavy (non-hydrogen) atoms. The predicted molar refractivity (Wildman–Crippen MR) is 91.2 cm³/mol. The van der Waals surface area contributed by atoms with Gasteiger partial charge in [-0.2, -0.15) is 0 Å². The maximum atomic E-state index is 10.8. The van der Waals surface area contributed by atoms with Crippen LogP contribution in [0.5, 0.6) is 0 Å². The first-order valence-electron chi connectivity index (χ1n) is 7.37. The topological polar surface area (TPSA) is 58.6 Å². The molecule has 0 fully saturated rings. The normalized spacial score (nSPS) is 12.1. The van der Waals surface area contributed by atoms with Crippen molar-refractivity contribution in [3.05, 3.63) is 70.2 Å². The lowest BCUT2D eigenvalue weighted by Crippen LogP contribution is -2.24. The van der Waals surface area contributed by atoms with Crippen molar-refractivity contribution in [2.75, 3.05) is 20.3 Å². The zero-order chi connectivity index (χ0) is 16.7. The Labute approximate surface area is 141 Å². The summed E-state index contributed by atoms with van der Waals surface area (Å²) < 4.78 is 5.30. The summed E-state index contributed by atoms with van der Waals surface area (Å²) in [5, 5.41) is 13.0. The van der Waals surface area contributed by atoms with Gasteiger partial charge in [0.15, 0.2) is 0 Å². The van der Waals surface area contributed by atoms with Gasteiger partial charge in [0, 0.05) is 31.1 Å². The monoisotopic (exact) mass is 333 g/mol. The number of rotatable bonds is 8. The highest BCUT2D eigenvalue weighted by molar-refractivity contribution is 6.30. The predicted octanol–water partition coefficient (Wildman–Crippen LogP) is 3.56. The van der Waals surface area contributed by atoms with Gasteiger partial charge in [0.25, 0.3) is 0 Å². The quantitative estimate of drug-likeness (QED) is 0.775. The number of carboxylic acid groups (broad SMARTS) is 1. The van der Waals surface area contributed by atoms with Crippen molar-refractivity contribution in [3.63, 3.8) is 0 Å². The summed E-state index contributed by atoms with van der Waals surface area (Å²) in [5.74, 6) is -0.678. The number of halogens is 1. The molecule has 0 aromatic heterocycles. The van der Waals surface area contributed by atoms with Crippen molar-refractivity contribution < 1.29 is 14.6 Å². The van der Waals surface area contributed by atoms with Crippen molar-refractivity contribution in [2.45, 2.75) is 12.5 Å². The fourth-order valence-electron chi connectivity index (χ4n) is 2.37. The van der Waals surface area contributed by atoms with Crippen LogP contribution in [-0.4, -0.2) is 31.3 Å². The molecule has 1 atom stereocenters. The summed E-state index contributed by atoms with van der Waals surface area (Å²) in [6.45, 7) is 2.05. The highest BCUT2D eigenvalue weighted by Crippen LogP contribution is 2.18. The highest BCUT2D eigenvalue weighted by atomic mass is 35.5. The van der Waals surface area contributed by atoms with Crippen molar-refractivity contribution >= 4 is 17.6 Å². The molecular weight excluding hydrogens is 314 g/mol. The SMILES string of the molecule is COCC(CNCc1ccc(C(=O)O)cc1)c1ccc(Cl)cc1. The lowest BCUT2D eigenvalue weighted by atomic mass is 10.00. The Balaban J connectivity index is 1.91. The Kier molecular flexibility index (Phi) is 6.59. The number of ether oxygens (including phenoxy) is 1. The minimum absolute atomic E-state index is 0.232. The minimum Gasteiger partial charge on any atom is -0.478 e. The van der Waals surface area contributed by atoms with Crippen LogP contribution in [0.2, 0.25) is 5.02 Å². The Bertz CT molecular complexity index is 626. The Morgan fingerprint density at radius 2 is 1.83 bits per heavy atom. The summed E-state index contributed by atoms with van der Waals surface area (Å²) in [5.41, 5.74) is 2.51. The van der Waals surface area contributed by atoms with E-state index in [1.54, 1.807) is 19.2 Å². The first-order chi connectivity index (χ1) is 11.1. The summed E-state index contributed by atoms with van der Waals surface area (Å²) in [6, 6.07) is 14.7. The molecule has 0 aliphatic rings. The van der Waals surface area contributed by atoms with E-state index >= 15 is 0 Å². The van der Waals surface area contributed by atoms with Gasteiger partial charge >= 0.3 is 5.97 Å². The number of methoxy groups -OCH3 is 1. The van der Waals surface area contributed by atoms with Gasteiger partial charge in [-0.25, -0.2) is 4.79 Å². The van der Waals surface area contributed by atoms with Crippen LogP contribution >= 0.6 is 11.6 Å². The molecule has 0 aliphatic carbocycles. The fraction of sp³-hybridized carbons (Fsp3) is 0.278. The third-order valence-electron chi connectivity index (χ3n) is 3.63. The number of nitrogens with one attached hydrogen (secondary N) is 1. The zero-order valence-corrected chi connectivity index (χ0v) is 13.7. The van der Waals surface area contributed by atoms with E-state index in [2.05, 4.69) is 5.32 Å². The van der Waals surface area contributed by atoms with Crippen LogP contribution in [-0.2, 0) is 11.3 Å². The van der Waals surface area contributed by atoms with Crippen molar-refractivity contribution in [3.8, 4) is 0 Å². The molecule has 2 N–H and O–H groups in total. The van der Waals surface area contributed by atoms with Gasteiger partial charge in [-0.1, -0.05) is 35.9 Å². The molecule has 0 saturated heterocycles. The van der Waals surface area contributed by atoms with Crippen molar-refractivity contribution in [1.82, 2.24) is 5.32 Å². The van der Waals surface area contributed by atoms with Gasteiger partial charge in [-0.05, 0) is 35.4 Å². The summed E-state index contributed by atoms with van der Waals surface area (Å²) in [7, 11) is 1.69. The third-order valence-corrected chi connectivity index (χ3v) is 3.88. The first-order valence-corrected chi connectivity index (χ1v) is 7.75. The van der Waals surface area contributed by atoms with E-state index in [1.807, 2.05) is 36.4 Å². The maximum absolute atomic E-state index is 10.8. The molecule has 4 nitrogen and oxygen atoms in total. The second-order valence-electron chi connectivity index (χ2n) is 5.34. The summed E-state index contributed by atoms with van der Waals surface area (Å²) in [4.78, 5) is 10.8. The van der Waals surface area contributed by atoms with Crippen LogP contribution in [0.15, 0.2) is 48.5 Å². The third kappa shape index (κ3) is 5.36. The Hall–Kier alpha value is -1.88. The largest absolute Gasteiger partial charge is 0.478 e. The number of benzene rings is 2. The molecule has 0 amide bonds. The second kappa shape index (κ2) is 8.67. The molecule has 0 aliphatic heterocycles.